The Kier molecular flexibility index (Phi) is 3.82. The van der Waals surface area contributed by atoms with Gasteiger partial charge in [-0.1, -0.05) is 11.6 Å². The molecule has 0 saturated carbocycles. The van der Waals surface area contributed by atoms with Crippen molar-refractivity contribution in [3.63, 3.8) is 0 Å². The maximum Gasteiger partial charge on any atom is 0.349 e. The lowest BCUT2D eigenvalue weighted by Gasteiger charge is -2.05. The van der Waals surface area contributed by atoms with Crippen LogP contribution >= 0.6 is 22.9 Å². The van der Waals surface area contributed by atoms with E-state index >= 15 is 0 Å². The normalized spacial score (nSPS) is 10.7. The molecule has 7 heteroatoms. The van der Waals surface area contributed by atoms with Crippen LogP contribution in [0, 0.1) is 13.8 Å². The molecule has 0 aliphatic heterocycles. The zero-order chi connectivity index (χ0) is 14.2. The second kappa shape index (κ2) is 5.22. The van der Waals surface area contributed by atoms with Crippen molar-refractivity contribution in [3.8, 4) is 5.75 Å². The molecular weight excluding hydrogens is 288 g/mol. The number of thiophene rings is 1. The van der Waals surface area contributed by atoms with Gasteiger partial charge in [0, 0.05) is 17.5 Å². The molecule has 2 rings (SSSR count). The number of carbonyl (C=O) groups is 1. The fourth-order valence-corrected chi connectivity index (χ4v) is 2.76. The Morgan fingerprint density at radius 3 is 2.79 bits per heavy atom. The molecule has 102 valence electrons. The summed E-state index contributed by atoms with van der Waals surface area (Å²) in [6, 6.07) is 1.72. The summed E-state index contributed by atoms with van der Waals surface area (Å²) in [7, 11) is 1.75. The Balaban J connectivity index is 2.21. The number of hydrogen-bond acceptors (Lipinski definition) is 4. The van der Waals surface area contributed by atoms with E-state index in [1.54, 1.807) is 17.8 Å². The SMILES string of the molecule is Cc1cc(OCc2c(C)nn(C)c2Cl)c(C(=O)O)s1. The lowest BCUT2D eigenvalue weighted by molar-refractivity contribution is 0.0697. The number of hydrogen-bond donors (Lipinski definition) is 1. The van der Waals surface area contributed by atoms with Crippen molar-refractivity contribution in [2.75, 3.05) is 0 Å². The number of halogens is 1. The van der Waals surface area contributed by atoms with Gasteiger partial charge >= 0.3 is 5.97 Å². The van der Waals surface area contributed by atoms with E-state index in [2.05, 4.69) is 5.10 Å². The van der Waals surface area contributed by atoms with Crippen LogP contribution in [0.4, 0.5) is 0 Å². The van der Waals surface area contributed by atoms with Crippen LogP contribution in [-0.4, -0.2) is 20.9 Å². The Bertz CT molecular complexity index is 633. The van der Waals surface area contributed by atoms with Crippen LogP contribution in [0.3, 0.4) is 0 Å². The van der Waals surface area contributed by atoms with Gasteiger partial charge in [0.05, 0.1) is 5.69 Å². The molecule has 2 aromatic rings. The van der Waals surface area contributed by atoms with E-state index in [1.807, 2.05) is 13.8 Å². The average Bonchev–Trinajstić information content (AvgIpc) is 2.80. The Morgan fingerprint density at radius 2 is 2.26 bits per heavy atom. The highest BCUT2D eigenvalue weighted by Gasteiger charge is 2.17. The molecule has 0 atom stereocenters. The number of aromatic carboxylic acids is 1. The first-order chi connectivity index (χ1) is 8.90. The molecule has 0 fully saturated rings. The number of nitrogens with zero attached hydrogens (tertiary/aromatic N) is 2. The van der Waals surface area contributed by atoms with Gasteiger partial charge in [-0.15, -0.1) is 11.3 Å². The summed E-state index contributed by atoms with van der Waals surface area (Å²) in [5.41, 5.74) is 1.54. The topological polar surface area (TPSA) is 64.4 Å². The van der Waals surface area contributed by atoms with Crippen molar-refractivity contribution in [2.45, 2.75) is 20.5 Å². The van der Waals surface area contributed by atoms with Gasteiger partial charge in [0.1, 0.15) is 17.5 Å². The third-order valence-corrected chi connectivity index (χ3v) is 4.15. The van der Waals surface area contributed by atoms with Gasteiger partial charge in [0.2, 0.25) is 0 Å². The molecule has 0 spiro atoms. The van der Waals surface area contributed by atoms with Gasteiger partial charge in [-0.3, -0.25) is 4.68 Å². The minimum Gasteiger partial charge on any atom is -0.487 e. The first-order valence-corrected chi connectivity index (χ1v) is 6.74. The van der Waals surface area contributed by atoms with E-state index in [9.17, 15) is 4.79 Å². The Morgan fingerprint density at radius 1 is 1.58 bits per heavy atom. The Hall–Kier alpha value is -1.53. The van der Waals surface area contributed by atoms with Crippen molar-refractivity contribution >= 4 is 28.9 Å². The molecule has 0 saturated heterocycles. The summed E-state index contributed by atoms with van der Waals surface area (Å²) in [5, 5.41) is 13.8. The summed E-state index contributed by atoms with van der Waals surface area (Å²) >= 11 is 7.29. The van der Waals surface area contributed by atoms with Gasteiger partial charge in [-0.2, -0.15) is 5.10 Å². The summed E-state index contributed by atoms with van der Waals surface area (Å²) in [4.78, 5) is 12.2. The smallest absolute Gasteiger partial charge is 0.349 e. The monoisotopic (exact) mass is 300 g/mol. The van der Waals surface area contributed by atoms with Crippen molar-refractivity contribution in [1.82, 2.24) is 9.78 Å². The predicted molar refractivity (Wildman–Crippen MR) is 73.3 cm³/mol. The van der Waals surface area contributed by atoms with Gasteiger partial charge in [-0.05, 0) is 19.9 Å². The standard InChI is InChI=1S/C12H13ClN2O3S/c1-6-4-9(10(19-6)12(16)17)18-5-8-7(2)14-15(3)11(8)13/h4H,5H2,1-3H3,(H,16,17). The third-order valence-electron chi connectivity index (χ3n) is 2.66. The zero-order valence-corrected chi connectivity index (χ0v) is 12.3. The van der Waals surface area contributed by atoms with Crippen molar-refractivity contribution in [1.29, 1.82) is 0 Å². The molecule has 0 aliphatic carbocycles. The fraction of sp³-hybridized carbons (Fsp3) is 0.333. The average molecular weight is 301 g/mol. The van der Waals surface area contributed by atoms with Crippen LogP contribution in [-0.2, 0) is 13.7 Å². The fourth-order valence-electron chi connectivity index (χ4n) is 1.73. The van der Waals surface area contributed by atoms with E-state index in [-0.39, 0.29) is 11.5 Å². The summed E-state index contributed by atoms with van der Waals surface area (Å²) < 4.78 is 7.13. The highest BCUT2D eigenvalue weighted by Crippen LogP contribution is 2.30. The van der Waals surface area contributed by atoms with E-state index in [1.165, 1.54) is 11.3 Å². The van der Waals surface area contributed by atoms with E-state index in [0.29, 0.717) is 10.9 Å². The number of ether oxygens (including phenoxy) is 1. The zero-order valence-electron chi connectivity index (χ0n) is 10.7. The summed E-state index contributed by atoms with van der Waals surface area (Å²) in [6.45, 7) is 3.88. The first-order valence-electron chi connectivity index (χ1n) is 5.54. The highest BCUT2D eigenvalue weighted by molar-refractivity contribution is 7.14. The van der Waals surface area contributed by atoms with E-state index < -0.39 is 5.97 Å². The van der Waals surface area contributed by atoms with Crippen molar-refractivity contribution in [2.24, 2.45) is 7.05 Å². The number of carboxylic acids is 1. The highest BCUT2D eigenvalue weighted by atomic mass is 35.5. The van der Waals surface area contributed by atoms with Crippen LogP contribution < -0.4 is 4.74 Å². The van der Waals surface area contributed by atoms with E-state index in [4.69, 9.17) is 21.4 Å². The molecule has 0 bridgehead atoms. The maximum absolute atomic E-state index is 11.1. The van der Waals surface area contributed by atoms with Gasteiger partial charge in [-0.25, -0.2) is 4.79 Å². The third kappa shape index (κ3) is 2.74. The van der Waals surface area contributed by atoms with Gasteiger partial charge in [0.15, 0.2) is 4.88 Å². The first kappa shape index (κ1) is 13.9. The molecular formula is C12H13ClN2O3S. The molecule has 5 nitrogen and oxygen atoms in total. The number of rotatable bonds is 4. The lowest BCUT2D eigenvalue weighted by Crippen LogP contribution is -2.01. The second-order valence-electron chi connectivity index (χ2n) is 4.12. The Labute approximate surface area is 119 Å². The molecule has 19 heavy (non-hydrogen) atoms. The summed E-state index contributed by atoms with van der Waals surface area (Å²) in [6.07, 6.45) is 0. The predicted octanol–water partition coefficient (Wildman–Crippen LogP) is 3.03. The molecule has 2 aromatic heterocycles. The number of aryl methyl sites for hydroxylation is 3. The van der Waals surface area contributed by atoms with Gasteiger partial charge in [0.25, 0.3) is 0 Å². The number of carboxylic acid groups (broad SMARTS) is 1. The van der Waals surface area contributed by atoms with Crippen LogP contribution in [0.25, 0.3) is 0 Å². The molecule has 0 aromatic carbocycles. The number of aromatic nitrogens is 2. The van der Waals surface area contributed by atoms with Crippen LogP contribution in [0.15, 0.2) is 6.07 Å². The largest absolute Gasteiger partial charge is 0.487 e. The quantitative estimate of drug-likeness (QED) is 0.942. The van der Waals surface area contributed by atoms with Crippen LogP contribution in [0.2, 0.25) is 5.15 Å². The van der Waals surface area contributed by atoms with Gasteiger partial charge < -0.3 is 9.84 Å². The van der Waals surface area contributed by atoms with Crippen molar-refractivity contribution < 1.29 is 14.6 Å². The molecule has 1 N–H and O–H groups in total. The minimum absolute atomic E-state index is 0.203. The molecule has 0 amide bonds. The van der Waals surface area contributed by atoms with Crippen LogP contribution in [0.5, 0.6) is 5.75 Å². The lowest BCUT2D eigenvalue weighted by atomic mass is 10.3. The van der Waals surface area contributed by atoms with Crippen LogP contribution in [0.1, 0.15) is 25.8 Å². The van der Waals surface area contributed by atoms with Crippen molar-refractivity contribution in [3.05, 3.63) is 32.2 Å². The summed E-state index contributed by atoms with van der Waals surface area (Å²) in [5.74, 6) is -0.614. The second-order valence-corrected chi connectivity index (χ2v) is 5.74. The molecule has 2 heterocycles. The minimum atomic E-state index is -0.984. The molecule has 0 unspecified atom stereocenters. The maximum atomic E-state index is 11.1. The molecule has 0 radical (unpaired) electrons. The molecule has 0 aliphatic rings. The van der Waals surface area contributed by atoms with E-state index in [0.717, 1.165) is 16.1 Å².